The first kappa shape index (κ1) is 19.9. The van der Waals surface area contributed by atoms with Gasteiger partial charge in [0.2, 0.25) is 0 Å². The largest absolute Gasteiger partial charge is 0.452 e. The van der Waals surface area contributed by atoms with E-state index in [2.05, 4.69) is 12.2 Å². The average molecular weight is 410 g/mol. The standard InChI is InChI=1S/C23H20F2N2O3/c1-13-6-9-20-16(10-13)22(15-4-2-3-5-19(15)27-20)23(29)30-12-21(28)26-14-7-8-17(24)18(25)11-14/h2-5,7-8,11,13H,6,9-10,12H2,1H3,(H,26,28). The summed E-state index contributed by atoms with van der Waals surface area (Å²) in [5.41, 5.74) is 3.01. The molecule has 7 heteroatoms. The van der Waals surface area contributed by atoms with Gasteiger partial charge in [0.1, 0.15) is 0 Å². The van der Waals surface area contributed by atoms with Crippen LogP contribution in [0.15, 0.2) is 42.5 Å². The number of nitrogens with one attached hydrogen (secondary N) is 1. The van der Waals surface area contributed by atoms with Crippen molar-refractivity contribution in [1.82, 2.24) is 4.98 Å². The molecular formula is C23H20F2N2O3. The molecule has 0 spiro atoms. The van der Waals surface area contributed by atoms with Gasteiger partial charge in [0.25, 0.3) is 5.91 Å². The van der Waals surface area contributed by atoms with Gasteiger partial charge >= 0.3 is 5.97 Å². The maximum atomic E-state index is 13.3. The zero-order valence-corrected chi connectivity index (χ0v) is 16.4. The van der Waals surface area contributed by atoms with Gasteiger partial charge in [-0.25, -0.2) is 13.6 Å². The van der Waals surface area contributed by atoms with E-state index >= 15 is 0 Å². The molecule has 1 amide bonds. The lowest BCUT2D eigenvalue weighted by Gasteiger charge is -2.24. The molecule has 0 bridgehead atoms. The number of esters is 1. The van der Waals surface area contributed by atoms with Gasteiger partial charge in [-0.15, -0.1) is 0 Å². The third-order valence-electron chi connectivity index (χ3n) is 5.25. The number of halogens is 2. The van der Waals surface area contributed by atoms with Crippen LogP contribution in [0, 0.1) is 17.6 Å². The summed E-state index contributed by atoms with van der Waals surface area (Å²) in [5.74, 6) is -2.91. The summed E-state index contributed by atoms with van der Waals surface area (Å²) in [6.07, 6.45) is 2.51. The number of aromatic nitrogens is 1. The molecule has 1 aliphatic carbocycles. The number of ether oxygens (including phenoxy) is 1. The van der Waals surface area contributed by atoms with E-state index in [0.717, 1.165) is 42.7 Å². The minimum absolute atomic E-state index is 0.0792. The molecular weight excluding hydrogens is 390 g/mol. The van der Waals surface area contributed by atoms with Crippen LogP contribution in [0.1, 0.15) is 35.0 Å². The highest BCUT2D eigenvalue weighted by Gasteiger charge is 2.26. The van der Waals surface area contributed by atoms with E-state index in [9.17, 15) is 18.4 Å². The fraction of sp³-hybridized carbons (Fsp3) is 0.261. The maximum absolute atomic E-state index is 13.3. The van der Waals surface area contributed by atoms with E-state index in [1.807, 2.05) is 24.3 Å². The van der Waals surface area contributed by atoms with Crippen LogP contribution in [-0.2, 0) is 22.4 Å². The lowest BCUT2D eigenvalue weighted by Crippen LogP contribution is -2.23. The third kappa shape index (κ3) is 4.01. The van der Waals surface area contributed by atoms with Crippen molar-refractivity contribution in [1.29, 1.82) is 0 Å². The summed E-state index contributed by atoms with van der Waals surface area (Å²) in [6, 6.07) is 10.4. The Labute approximate surface area is 172 Å². The van der Waals surface area contributed by atoms with E-state index in [-0.39, 0.29) is 5.69 Å². The zero-order chi connectivity index (χ0) is 21.3. The number of amides is 1. The Bertz CT molecular complexity index is 1150. The van der Waals surface area contributed by atoms with Gasteiger partial charge in [-0.3, -0.25) is 9.78 Å². The second kappa shape index (κ2) is 8.18. The van der Waals surface area contributed by atoms with Gasteiger partial charge in [-0.2, -0.15) is 0 Å². The second-order valence-corrected chi connectivity index (χ2v) is 7.53. The molecule has 4 rings (SSSR count). The van der Waals surface area contributed by atoms with Crippen molar-refractivity contribution in [2.75, 3.05) is 11.9 Å². The molecule has 1 aliphatic rings. The molecule has 2 aromatic carbocycles. The van der Waals surface area contributed by atoms with Crippen molar-refractivity contribution in [2.24, 2.45) is 5.92 Å². The molecule has 154 valence electrons. The number of pyridine rings is 1. The molecule has 0 radical (unpaired) electrons. The van der Waals surface area contributed by atoms with Crippen molar-refractivity contribution in [2.45, 2.75) is 26.2 Å². The minimum Gasteiger partial charge on any atom is -0.452 e. The van der Waals surface area contributed by atoms with E-state index in [0.29, 0.717) is 22.4 Å². The SMILES string of the molecule is CC1CCc2nc3ccccc3c(C(=O)OCC(=O)Nc3ccc(F)c(F)c3)c2C1. The molecule has 3 aromatic rings. The van der Waals surface area contributed by atoms with Crippen LogP contribution in [0.5, 0.6) is 0 Å². The topological polar surface area (TPSA) is 68.3 Å². The predicted molar refractivity (Wildman–Crippen MR) is 108 cm³/mol. The van der Waals surface area contributed by atoms with E-state index in [4.69, 9.17) is 9.72 Å². The van der Waals surface area contributed by atoms with Crippen LogP contribution in [0.2, 0.25) is 0 Å². The van der Waals surface area contributed by atoms with Gasteiger partial charge in [-0.1, -0.05) is 25.1 Å². The highest BCUT2D eigenvalue weighted by Crippen LogP contribution is 2.32. The molecule has 1 unspecified atom stereocenters. The van der Waals surface area contributed by atoms with Crippen molar-refractivity contribution < 1.29 is 23.1 Å². The Hall–Kier alpha value is -3.35. The molecule has 5 nitrogen and oxygen atoms in total. The number of aryl methyl sites for hydroxylation is 1. The molecule has 0 saturated heterocycles. The predicted octanol–water partition coefficient (Wildman–Crippen LogP) is 4.43. The molecule has 1 atom stereocenters. The van der Waals surface area contributed by atoms with Gasteiger partial charge in [0.05, 0.1) is 11.1 Å². The van der Waals surface area contributed by atoms with E-state index in [1.54, 1.807) is 0 Å². The first-order valence-electron chi connectivity index (χ1n) is 9.75. The Balaban J connectivity index is 1.55. The molecule has 1 N–H and O–H groups in total. The number of carbonyl (C=O) groups excluding carboxylic acids is 2. The van der Waals surface area contributed by atoms with Gasteiger partial charge in [0.15, 0.2) is 18.2 Å². The number of anilines is 1. The summed E-state index contributed by atoms with van der Waals surface area (Å²) in [6.45, 7) is 1.58. The lowest BCUT2D eigenvalue weighted by molar-refractivity contribution is -0.119. The molecule has 1 heterocycles. The highest BCUT2D eigenvalue weighted by atomic mass is 19.2. The van der Waals surface area contributed by atoms with Crippen LogP contribution in [0.4, 0.5) is 14.5 Å². The van der Waals surface area contributed by atoms with Crippen molar-refractivity contribution in [3.8, 4) is 0 Å². The van der Waals surface area contributed by atoms with Crippen molar-refractivity contribution >= 4 is 28.5 Å². The quantitative estimate of drug-likeness (QED) is 0.646. The number of hydrogen-bond donors (Lipinski definition) is 1. The number of benzene rings is 2. The Kier molecular flexibility index (Phi) is 5.44. The first-order valence-corrected chi connectivity index (χ1v) is 9.75. The fourth-order valence-corrected chi connectivity index (χ4v) is 3.77. The van der Waals surface area contributed by atoms with Crippen molar-refractivity contribution in [3.05, 3.63) is 70.9 Å². The smallest absolute Gasteiger partial charge is 0.339 e. The Morgan fingerprint density at radius 2 is 1.97 bits per heavy atom. The van der Waals surface area contributed by atoms with Crippen molar-refractivity contribution in [3.63, 3.8) is 0 Å². The highest BCUT2D eigenvalue weighted by molar-refractivity contribution is 6.06. The van der Waals surface area contributed by atoms with Gasteiger partial charge < -0.3 is 10.1 Å². The summed E-state index contributed by atoms with van der Waals surface area (Å²) < 4.78 is 31.6. The number of fused-ring (bicyclic) bond motifs is 2. The molecule has 0 fully saturated rings. The lowest BCUT2D eigenvalue weighted by atomic mass is 9.84. The second-order valence-electron chi connectivity index (χ2n) is 7.53. The van der Waals surface area contributed by atoms with Crippen LogP contribution in [0.25, 0.3) is 10.9 Å². The maximum Gasteiger partial charge on any atom is 0.339 e. The van der Waals surface area contributed by atoms with Crippen LogP contribution in [0.3, 0.4) is 0 Å². The van der Waals surface area contributed by atoms with Gasteiger partial charge in [-0.05, 0) is 48.9 Å². The monoisotopic (exact) mass is 410 g/mol. The number of hydrogen-bond acceptors (Lipinski definition) is 4. The normalized spacial score (nSPS) is 15.5. The van der Waals surface area contributed by atoms with Crippen LogP contribution >= 0.6 is 0 Å². The molecule has 0 aliphatic heterocycles. The first-order chi connectivity index (χ1) is 14.4. The third-order valence-corrected chi connectivity index (χ3v) is 5.25. The van der Waals surface area contributed by atoms with E-state index in [1.165, 1.54) is 6.07 Å². The summed E-state index contributed by atoms with van der Waals surface area (Å²) in [5, 5.41) is 3.08. The number of carbonyl (C=O) groups is 2. The van der Waals surface area contributed by atoms with Crippen LogP contribution in [-0.4, -0.2) is 23.5 Å². The Morgan fingerprint density at radius 3 is 2.77 bits per heavy atom. The van der Waals surface area contributed by atoms with E-state index < -0.39 is 30.1 Å². The molecule has 0 saturated carbocycles. The number of rotatable bonds is 4. The Morgan fingerprint density at radius 1 is 1.17 bits per heavy atom. The molecule has 30 heavy (non-hydrogen) atoms. The number of para-hydroxylation sites is 1. The average Bonchev–Trinajstić information content (AvgIpc) is 2.73. The van der Waals surface area contributed by atoms with Crippen LogP contribution < -0.4 is 5.32 Å². The summed E-state index contributed by atoms with van der Waals surface area (Å²) in [7, 11) is 0. The summed E-state index contributed by atoms with van der Waals surface area (Å²) >= 11 is 0. The number of nitrogens with zero attached hydrogens (tertiary/aromatic N) is 1. The summed E-state index contributed by atoms with van der Waals surface area (Å²) in [4.78, 5) is 29.8. The zero-order valence-electron chi connectivity index (χ0n) is 16.4. The fourth-order valence-electron chi connectivity index (χ4n) is 3.77. The minimum atomic E-state index is -1.08. The van der Waals surface area contributed by atoms with Gasteiger partial charge in [0, 0.05) is 22.8 Å². The molecule has 1 aromatic heterocycles.